The van der Waals surface area contributed by atoms with Gasteiger partial charge in [0.2, 0.25) is 0 Å². The van der Waals surface area contributed by atoms with Crippen LogP contribution in [-0.4, -0.2) is 12.6 Å². The number of esters is 1. The molecule has 192 valence electrons. The van der Waals surface area contributed by atoms with E-state index in [0.717, 1.165) is 6.42 Å². The van der Waals surface area contributed by atoms with Gasteiger partial charge in [0.05, 0.1) is 12.5 Å². The molecule has 2 heteroatoms. The fourth-order valence-electron chi connectivity index (χ4n) is 4.68. The highest BCUT2D eigenvalue weighted by Crippen LogP contribution is 2.19. The largest absolute Gasteiger partial charge is 0.465 e. The van der Waals surface area contributed by atoms with Crippen LogP contribution in [0.15, 0.2) is 0 Å². The molecule has 0 amide bonds. The SMILES string of the molecule is CCCCCCCCCCCCC(C)C(=O)OCC(CCC)CCCCCCCCCC. The van der Waals surface area contributed by atoms with Crippen molar-refractivity contribution in [2.24, 2.45) is 11.8 Å². The maximum atomic E-state index is 12.4. The lowest BCUT2D eigenvalue weighted by atomic mass is 9.96. The topological polar surface area (TPSA) is 26.3 Å². The summed E-state index contributed by atoms with van der Waals surface area (Å²) < 4.78 is 5.74. The molecule has 0 saturated heterocycles. The second-order valence-corrected chi connectivity index (χ2v) is 10.4. The number of carbonyl (C=O) groups is 1. The lowest BCUT2D eigenvalue weighted by Gasteiger charge is -2.18. The highest BCUT2D eigenvalue weighted by molar-refractivity contribution is 5.71. The fourth-order valence-corrected chi connectivity index (χ4v) is 4.68. The highest BCUT2D eigenvalue weighted by atomic mass is 16.5. The Bertz CT molecular complexity index is 379. The third-order valence-corrected chi connectivity index (χ3v) is 7.02. The third kappa shape index (κ3) is 21.3. The van der Waals surface area contributed by atoms with Crippen LogP contribution in [0.1, 0.15) is 169 Å². The molecule has 0 aromatic rings. The van der Waals surface area contributed by atoms with Gasteiger partial charge in [0.15, 0.2) is 0 Å². The van der Waals surface area contributed by atoms with Gasteiger partial charge in [-0.2, -0.15) is 0 Å². The molecule has 2 nitrogen and oxygen atoms in total. The molecule has 0 aliphatic carbocycles. The quantitative estimate of drug-likeness (QED) is 0.102. The molecule has 0 aromatic carbocycles. The molecule has 0 heterocycles. The van der Waals surface area contributed by atoms with E-state index in [-0.39, 0.29) is 11.9 Å². The second-order valence-electron chi connectivity index (χ2n) is 10.4. The minimum Gasteiger partial charge on any atom is -0.465 e. The maximum absolute atomic E-state index is 12.4. The van der Waals surface area contributed by atoms with Gasteiger partial charge in [-0.1, -0.05) is 150 Å². The zero-order valence-electron chi connectivity index (χ0n) is 22.7. The van der Waals surface area contributed by atoms with Gasteiger partial charge in [-0.3, -0.25) is 4.79 Å². The number of unbranched alkanes of at least 4 members (excludes halogenated alkanes) is 16. The maximum Gasteiger partial charge on any atom is 0.308 e. The van der Waals surface area contributed by atoms with E-state index in [1.165, 1.54) is 135 Å². The van der Waals surface area contributed by atoms with Gasteiger partial charge in [0, 0.05) is 0 Å². The Kier molecular flexibility index (Phi) is 24.7. The first-order chi connectivity index (χ1) is 15.7. The van der Waals surface area contributed by atoms with Gasteiger partial charge in [-0.05, 0) is 25.2 Å². The fraction of sp³-hybridized carbons (Fsp3) is 0.967. The van der Waals surface area contributed by atoms with Crippen LogP contribution >= 0.6 is 0 Å². The van der Waals surface area contributed by atoms with Gasteiger partial charge in [0.1, 0.15) is 0 Å². The average molecular weight is 453 g/mol. The molecule has 0 aromatic heterocycles. The second kappa shape index (κ2) is 25.1. The standard InChI is InChI=1S/C30H60O2/c1-5-8-10-12-14-16-17-18-20-22-25-28(4)30(31)32-27-29(24-7-3)26-23-21-19-15-13-11-9-6-2/h28-29H,5-27H2,1-4H3. The summed E-state index contributed by atoms with van der Waals surface area (Å²) in [7, 11) is 0. The summed E-state index contributed by atoms with van der Waals surface area (Å²) in [5.41, 5.74) is 0. The van der Waals surface area contributed by atoms with E-state index in [9.17, 15) is 4.79 Å². The van der Waals surface area contributed by atoms with Crippen LogP contribution in [0.3, 0.4) is 0 Å². The molecule has 0 radical (unpaired) electrons. The smallest absolute Gasteiger partial charge is 0.308 e. The Morgan fingerprint density at radius 1 is 0.531 bits per heavy atom. The Hall–Kier alpha value is -0.530. The summed E-state index contributed by atoms with van der Waals surface area (Å²) >= 11 is 0. The zero-order valence-corrected chi connectivity index (χ0v) is 22.7. The monoisotopic (exact) mass is 452 g/mol. The number of hydrogen-bond donors (Lipinski definition) is 0. The molecular weight excluding hydrogens is 392 g/mol. The first-order valence-electron chi connectivity index (χ1n) is 14.8. The predicted molar refractivity (Wildman–Crippen MR) is 142 cm³/mol. The van der Waals surface area contributed by atoms with Gasteiger partial charge in [-0.15, -0.1) is 0 Å². The van der Waals surface area contributed by atoms with E-state index >= 15 is 0 Å². The van der Waals surface area contributed by atoms with Crippen LogP contribution in [0.2, 0.25) is 0 Å². The van der Waals surface area contributed by atoms with Crippen molar-refractivity contribution in [1.82, 2.24) is 0 Å². The van der Waals surface area contributed by atoms with Gasteiger partial charge < -0.3 is 4.74 Å². The highest BCUT2D eigenvalue weighted by Gasteiger charge is 2.16. The Labute approximate surface area is 203 Å². The van der Waals surface area contributed by atoms with Gasteiger partial charge in [0.25, 0.3) is 0 Å². The summed E-state index contributed by atoms with van der Waals surface area (Å²) in [6.45, 7) is 9.50. The molecule has 2 atom stereocenters. The zero-order chi connectivity index (χ0) is 23.7. The molecule has 32 heavy (non-hydrogen) atoms. The third-order valence-electron chi connectivity index (χ3n) is 7.02. The van der Waals surface area contributed by atoms with Crippen LogP contribution in [0.4, 0.5) is 0 Å². The van der Waals surface area contributed by atoms with E-state index in [1.54, 1.807) is 0 Å². The van der Waals surface area contributed by atoms with E-state index in [0.29, 0.717) is 12.5 Å². The van der Waals surface area contributed by atoms with Crippen LogP contribution in [0.5, 0.6) is 0 Å². The van der Waals surface area contributed by atoms with Crippen LogP contribution in [0, 0.1) is 11.8 Å². The number of hydrogen-bond acceptors (Lipinski definition) is 2. The summed E-state index contributed by atoms with van der Waals surface area (Å²) in [6.07, 6.45) is 29.0. The van der Waals surface area contributed by atoms with Gasteiger partial charge >= 0.3 is 5.97 Å². The molecule has 0 fully saturated rings. The Morgan fingerprint density at radius 2 is 0.938 bits per heavy atom. The molecule has 0 spiro atoms. The number of rotatable bonds is 25. The molecule has 0 N–H and O–H groups in total. The minimum atomic E-state index is 0.0398. The van der Waals surface area contributed by atoms with E-state index in [1.807, 2.05) is 0 Å². The molecule has 0 bridgehead atoms. The van der Waals surface area contributed by atoms with E-state index < -0.39 is 0 Å². The Balaban J connectivity index is 3.72. The van der Waals surface area contributed by atoms with Crippen LogP contribution < -0.4 is 0 Å². The minimum absolute atomic E-state index is 0.0398. The normalized spacial score (nSPS) is 13.2. The summed E-state index contributed by atoms with van der Waals surface area (Å²) in [4.78, 5) is 12.4. The van der Waals surface area contributed by atoms with Crippen molar-refractivity contribution in [3.8, 4) is 0 Å². The lowest BCUT2D eigenvalue weighted by Crippen LogP contribution is -2.19. The molecule has 0 aliphatic heterocycles. The molecule has 0 aliphatic rings. The van der Waals surface area contributed by atoms with E-state index in [2.05, 4.69) is 27.7 Å². The predicted octanol–water partition coefficient (Wildman–Crippen LogP) is 10.4. The average Bonchev–Trinajstić information content (AvgIpc) is 2.79. The molecule has 0 rings (SSSR count). The van der Waals surface area contributed by atoms with E-state index in [4.69, 9.17) is 4.74 Å². The van der Waals surface area contributed by atoms with Crippen molar-refractivity contribution < 1.29 is 9.53 Å². The van der Waals surface area contributed by atoms with Crippen molar-refractivity contribution in [2.45, 2.75) is 169 Å². The van der Waals surface area contributed by atoms with Crippen molar-refractivity contribution in [1.29, 1.82) is 0 Å². The van der Waals surface area contributed by atoms with Crippen molar-refractivity contribution >= 4 is 5.97 Å². The van der Waals surface area contributed by atoms with Crippen molar-refractivity contribution in [2.75, 3.05) is 6.61 Å². The van der Waals surface area contributed by atoms with Crippen molar-refractivity contribution in [3.05, 3.63) is 0 Å². The summed E-state index contributed by atoms with van der Waals surface area (Å²) in [6, 6.07) is 0. The molecule has 2 unspecified atom stereocenters. The first kappa shape index (κ1) is 31.5. The summed E-state index contributed by atoms with van der Waals surface area (Å²) in [5, 5.41) is 0. The lowest BCUT2D eigenvalue weighted by molar-refractivity contribution is -0.149. The van der Waals surface area contributed by atoms with Crippen LogP contribution in [0.25, 0.3) is 0 Å². The Morgan fingerprint density at radius 3 is 1.38 bits per heavy atom. The number of ether oxygens (including phenoxy) is 1. The first-order valence-corrected chi connectivity index (χ1v) is 14.8. The van der Waals surface area contributed by atoms with Crippen LogP contribution in [-0.2, 0) is 9.53 Å². The molecular formula is C30H60O2. The number of carbonyl (C=O) groups excluding carboxylic acids is 1. The molecule has 0 saturated carbocycles. The van der Waals surface area contributed by atoms with Gasteiger partial charge in [-0.25, -0.2) is 0 Å². The summed E-state index contributed by atoms with van der Waals surface area (Å²) in [5.74, 6) is 0.668. The van der Waals surface area contributed by atoms with Crippen molar-refractivity contribution in [3.63, 3.8) is 0 Å².